The lowest BCUT2D eigenvalue weighted by Crippen LogP contribution is -2.28. The summed E-state index contributed by atoms with van der Waals surface area (Å²) in [7, 11) is 0. The summed E-state index contributed by atoms with van der Waals surface area (Å²) < 4.78 is 0. The minimum absolute atomic E-state index is 0. The first-order chi connectivity index (χ1) is 8.15. The second kappa shape index (κ2) is 8.35. The maximum atomic E-state index is 11.8. The number of rotatable bonds is 3. The normalized spacial score (nSPS) is 21.2. The van der Waals surface area contributed by atoms with Crippen molar-refractivity contribution in [3.63, 3.8) is 0 Å². The molecule has 0 aromatic carbocycles. The number of carbonyl (C=O) groups is 1. The van der Waals surface area contributed by atoms with Crippen molar-refractivity contribution in [1.82, 2.24) is 4.98 Å². The van der Waals surface area contributed by atoms with Crippen LogP contribution in [0.25, 0.3) is 0 Å². The van der Waals surface area contributed by atoms with Crippen molar-refractivity contribution >= 4 is 36.4 Å². The third kappa shape index (κ3) is 5.35. The Kier molecular flexibility index (Phi) is 7.99. The Morgan fingerprint density at radius 3 is 2.74 bits per heavy atom. The van der Waals surface area contributed by atoms with E-state index in [-0.39, 0.29) is 36.8 Å². The summed E-state index contributed by atoms with van der Waals surface area (Å²) in [5.41, 5.74) is 7.76. The number of carbonyl (C=O) groups excluding carboxylic acids is 1. The molecule has 0 radical (unpaired) electrons. The SMILES string of the molecule is Cc1cncc(NC(=O)C[C@@H]2CCC[C@H]2N)c1.Cl.Cl. The second-order valence-electron chi connectivity index (χ2n) is 4.86. The maximum Gasteiger partial charge on any atom is 0.224 e. The fourth-order valence-electron chi connectivity index (χ4n) is 2.39. The molecule has 3 N–H and O–H groups in total. The van der Waals surface area contributed by atoms with E-state index in [1.54, 1.807) is 12.4 Å². The second-order valence-corrected chi connectivity index (χ2v) is 4.86. The number of aromatic nitrogens is 1. The maximum absolute atomic E-state index is 11.8. The summed E-state index contributed by atoms with van der Waals surface area (Å²) in [6.45, 7) is 1.95. The summed E-state index contributed by atoms with van der Waals surface area (Å²) in [5, 5.41) is 2.87. The summed E-state index contributed by atoms with van der Waals surface area (Å²) in [6, 6.07) is 2.11. The van der Waals surface area contributed by atoms with Gasteiger partial charge in [-0.15, -0.1) is 24.8 Å². The molecule has 1 aromatic heterocycles. The molecular formula is C13H21Cl2N3O. The Labute approximate surface area is 126 Å². The minimum atomic E-state index is 0. The van der Waals surface area contributed by atoms with E-state index in [1.807, 2.05) is 13.0 Å². The largest absolute Gasteiger partial charge is 0.327 e. The molecule has 4 nitrogen and oxygen atoms in total. The van der Waals surface area contributed by atoms with E-state index in [2.05, 4.69) is 10.3 Å². The van der Waals surface area contributed by atoms with Gasteiger partial charge in [-0.3, -0.25) is 9.78 Å². The molecule has 6 heteroatoms. The number of pyridine rings is 1. The Morgan fingerprint density at radius 2 is 2.16 bits per heavy atom. The van der Waals surface area contributed by atoms with E-state index >= 15 is 0 Å². The quantitative estimate of drug-likeness (QED) is 0.902. The number of nitrogens with one attached hydrogen (secondary N) is 1. The molecule has 1 aliphatic carbocycles. The van der Waals surface area contributed by atoms with Crippen LogP contribution in [0.5, 0.6) is 0 Å². The van der Waals surface area contributed by atoms with Gasteiger partial charge in [-0.1, -0.05) is 6.42 Å². The van der Waals surface area contributed by atoms with Gasteiger partial charge in [0, 0.05) is 18.7 Å². The van der Waals surface area contributed by atoms with Gasteiger partial charge in [-0.2, -0.15) is 0 Å². The van der Waals surface area contributed by atoms with Gasteiger partial charge in [0.15, 0.2) is 0 Å². The molecule has 1 amide bonds. The molecule has 0 spiro atoms. The van der Waals surface area contributed by atoms with Gasteiger partial charge < -0.3 is 11.1 Å². The Bertz CT molecular complexity index is 415. The highest BCUT2D eigenvalue weighted by Crippen LogP contribution is 2.27. The van der Waals surface area contributed by atoms with Crippen molar-refractivity contribution in [2.75, 3.05) is 5.32 Å². The van der Waals surface area contributed by atoms with Gasteiger partial charge in [-0.05, 0) is 37.3 Å². The number of halogens is 2. The fourth-order valence-corrected chi connectivity index (χ4v) is 2.39. The lowest BCUT2D eigenvalue weighted by molar-refractivity contribution is -0.117. The average Bonchev–Trinajstić information content (AvgIpc) is 2.64. The van der Waals surface area contributed by atoms with E-state index in [1.165, 1.54) is 0 Å². The van der Waals surface area contributed by atoms with E-state index in [0.717, 1.165) is 30.5 Å². The molecule has 1 aliphatic rings. The highest BCUT2D eigenvalue weighted by molar-refractivity contribution is 5.90. The molecule has 0 saturated heterocycles. The van der Waals surface area contributed by atoms with Crippen LogP contribution in [0.1, 0.15) is 31.2 Å². The zero-order valence-electron chi connectivity index (χ0n) is 11.0. The third-order valence-corrected chi connectivity index (χ3v) is 3.32. The summed E-state index contributed by atoms with van der Waals surface area (Å²) in [5.74, 6) is 0.382. The minimum Gasteiger partial charge on any atom is -0.327 e. The molecule has 2 atom stereocenters. The van der Waals surface area contributed by atoms with Crippen LogP contribution in [-0.2, 0) is 4.79 Å². The summed E-state index contributed by atoms with van der Waals surface area (Å²) >= 11 is 0. The van der Waals surface area contributed by atoms with Gasteiger partial charge in [0.05, 0.1) is 11.9 Å². The molecular weight excluding hydrogens is 285 g/mol. The van der Waals surface area contributed by atoms with Crippen LogP contribution in [0.15, 0.2) is 18.5 Å². The van der Waals surface area contributed by atoms with Gasteiger partial charge in [0.2, 0.25) is 5.91 Å². The number of anilines is 1. The van der Waals surface area contributed by atoms with Gasteiger partial charge in [0.1, 0.15) is 0 Å². The molecule has 1 aromatic rings. The van der Waals surface area contributed by atoms with Crippen LogP contribution in [0.4, 0.5) is 5.69 Å². The Balaban J connectivity index is 0.00000162. The number of aryl methyl sites for hydroxylation is 1. The lowest BCUT2D eigenvalue weighted by atomic mass is 10.00. The number of amides is 1. The molecule has 0 unspecified atom stereocenters. The van der Waals surface area contributed by atoms with Crippen LogP contribution in [0.2, 0.25) is 0 Å². The summed E-state index contributed by atoms with van der Waals surface area (Å²) in [6.07, 6.45) is 7.22. The fraction of sp³-hybridized carbons (Fsp3) is 0.538. The molecule has 2 rings (SSSR count). The smallest absolute Gasteiger partial charge is 0.224 e. The van der Waals surface area contributed by atoms with Crippen LogP contribution >= 0.6 is 24.8 Å². The number of nitrogens with two attached hydrogens (primary N) is 1. The van der Waals surface area contributed by atoms with E-state index < -0.39 is 0 Å². The van der Waals surface area contributed by atoms with Crippen LogP contribution in [-0.4, -0.2) is 16.9 Å². The van der Waals surface area contributed by atoms with E-state index in [4.69, 9.17) is 5.73 Å². The molecule has 19 heavy (non-hydrogen) atoms. The summed E-state index contributed by atoms with van der Waals surface area (Å²) in [4.78, 5) is 15.9. The third-order valence-electron chi connectivity index (χ3n) is 3.32. The van der Waals surface area contributed by atoms with E-state index in [0.29, 0.717) is 12.3 Å². The van der Waals surface area contributed by atoms with Crippen LogP contribution in [0.3, 0.4) is 0 Å². The predicted octanol–water partition coefficient (Wildman–Crippen LogP) is 2.69. The molecule has 1 saturated carbocycles. The lowest BCUT2D eigenvalue weighted by Gasteiger charge is -2.14. The van der Waals surface area contributed by atoms with Crippen molar-refractivity contribution in [3.05, 3.63) is 24.0 Å². The van der Waals surface area contributed by atoms with Crippen molar-refractivity contribution in [1.29, 1.82) is 0 Å². The topological polar surface area (TPSA) is 68.0 Å². The van der Waals surface area contributed by atoms with Crippen LogP contribution in [0, 0.1) is 12.8 Å². The Morgan fingerprint density at radius 1 is 1.42 bits per heavy atom. The van der Waals surface area contributed by atoms with Crippen molar-refractivity contribution in [3.8, 4) is 0 Å². The van der Waals surface area contributed by atoms with Crippen molar-refractivity contribution < 1.29 is 4.79 Å². The van der Waals surface area contributed by atoms with Crippen LogP contribution < -0.4 is 11.1 Å². The predicted molar refractivity (Wildman–Crippen MR) is 82.0 cm³/mol. The van der Waals surface area contributed by atoms with E-state index in [9.17, 15) is 4.79 Å². The van der Waals surface area contributed by atoms with Gasteiger partial charge in [-0.25, -0.2) is 0 Å². The first-order valence-electron chi connectivity index (χ1n) is 6.12. The van der Waals surface area contributed by atoms with Crippen molar-refractivity contribution in [2.24, 2.45) is 11.7 Å². The standard InChI is InChI=1S/C13H19N3O.2ClH/c1-9-5-11(8-15-7-9)16-13(17)6-10-3-2-4-12(10)14;;/h5,7-8,10,12H,2-4,6,14H2,1H3,(H,16,17);2*1H/t10-,12+;;/m0../s1. The zero-order valence-corrected chi connectivity index (χ0v) is 12.6. The average molecular weight is 306 g/mol. The first-order valence-corrected chi connectivity index (χ1v) is 6.12. The highest BCUT2D eigenvalue weighted by atomic mass is 35.5. The Hall–Kier alpha value is -0.840. The number of hydrogen-bond donors (Lipinski definition) is 2. The van der Waals surface area contributed by atoms with Crippen molar-refractivity contribution in [2.45, 2.75) is 38.6 Å². The molecule has 1 fully saturated rings. The van der Waals surface area contributed by atoms with Gasteiger partial charge in [0.25, 0.3) is 0 Å². The molecule has 1 heterocycles. The molecule has 0 bridgehead atoms. The number of nitrogens with zero attached hydrogens (tertiary/aromatic N) is 1. The molecule has 108 valence electrons. The first kappa shape index (κ1) is 18.2. The van der Waals surface area contributed by atoms with Gasteiger partial charge >= 0.3 is 0 Å². The molecule has 0 aliphatic heterocycles. The monoisotopic (exact) mass is 305 g/mol. The zero-order chi connectivity index (χ0) is 12.3. The number of hydrogen-bond acceptors (Lipinski definition) is 3. The highest BCUT2D eigenvalue weighted by Gasteiger charge is 2.25.